The van der Waals surface area contributed by atoms with E-state index in [1.165, 1.54) is 44.0 Å². The van der Waals surface area contributed by atoms with E-state index in [0.29, 0.717) is 0 Å². The highest BCUT2D eigenvalue weighted by Gasteiger charge is 2.31. The quantitative estimate of drug-likeness (QED) is 0.562. The van der Waals surface area contributed by atoms with Crippen LogP contribution in [0, 0.1) is 0 Å². The molecule has 1 aromatic rings. The third kappa shape index (κ3) is 3.99. The molecule has 0 bridgehead atoms. The van der Waals surface area contributed by atoms with Crippen LogP contribution in [0.1, 0.15) is 51.0 Å². The van der Waals surface area contributed by atoms with Crippen molar-refractivity contribution in [3.05, 3.63) is 29.8 Å². The molecule has 1 aliphatic heterocycles. The smallest absolute Gasteiger partial charge is 0.328 e. The third-order valence-corrected chi connectivity index (χ3v) is 4.34. The largest absolute Gasteiger partial charge is 0.467 e. The Balaban J connectivity index is 2.05. The van der Waals surface area contributed by atoms with Crippen LogP contribution in [0.2, 0.25) is 0 Å². The standard InChI is InChI=1S/C18H27NO2/c1-3-4-5-6-9-14-19-16-11-8-7-10-15(16)12-13-17(19)18(20)21-2/h7-8,10-11,17H,3-6,9,12-14H2,1-2H3. The van der Waals surface area contributed by atoms with Gasteiger partial charge in [-0.1, -0.05) is 50.8 Å². The fourth-order valence-electron chi connectivity index (χ4n) is 3.16. The van der Waals surface area contributed by atoms with Crippen molar-refractivity contribution in [1.29, 1.82) is 0 Å². The Labute approximate surface area is 128 Å². The first-order valence-corrected chi connectivity index (χ1v) is 8.20. The van der Waals surface area contributed by atoms with Gasteiger partial charge in [0.1, 0.15) is 6.04 Å². The van der Waals surface area contributed by atoms with Crippen LogP contribution in [0.25, 0.3) is 0 Å². The fraction of sp³-hybridized carbons (Fsp3) is 0.611. The van der Waals surface area contributed by atoms with Gasteiger partial charge in [0, 0.05) is 12.2 Å². The molecule has 0 radical (unpaired) electrons. The summed E-state index contributed by atoms with van der Waals surface area (Å²) in [7, 11) is 1.49. The zero-order valence-electron chi connectivity index (χ0n) is 13.3. The van der Waals surface area contributed by atoms with E-state index in [1.54, 1.807) is 0 Å². The summed E-state index contributed by atoms with van der Waals surface area (Å²) in [4.78, 5) is 14.3. The number of anilines is 1. The first-order chi connectivity index (χ1) is 10.3. The Morgan fingerprint density at radius 1 is 1.24 bits per heavy atom. The van der Waals surface area contributed by atoms with E-state index in [0.717, 1.165) is 25.8 Å². The minimum atomic E-state index is -0.115. The van der Waals surface area contributed by atoms with Crippen molar-refractivity contribution in [3.8, 4) is 0 Å². The topological polar surface area (TPSA) is 29.5 Å². The molecule has 0 aliphatic carbocycles. The number of benzene rings is 1. The summed E-state index contributed by atoms with van der Waals surface area (Å²) < 4.78 is 5.00. The van der Waals surface area contributed by atoms with Crippen LogP contribution in [0.15, 0.2) is 24.3 Å². The molecule has 0 spiro atoms. The van der Waals surface area contributed by atoms with Crippen LogP contribution < -0.4 is 4.90 Å². The van der Waals surface area contributed by atoms with Gasteiger partial charge in [-0.25, -0.2) is 4.79 Å². The number of para-hydroxylation sites is 1. The second-order valence-corrected chi connectivity index (χ2v) is 5.81. The lowest BCUT2D eigenvalue weighted by Gasteiger charge is -2.37. The molecule has 1 aromatic carbocycles. The average Bonchev–Trinajstić information content (AvgIpc) is 2.53. The van der Waals surface area contributed by atoms with E-state index < -0.39 is 0 Å². The SMILES string of the molecule is CCCCCCCN1c2ccccc2CCC1C(=O)OC. The number of hydrogen-bond acceptors (Lipinski definition) is 3. The molecule has 0 saturated heterocycles. The number of aryl methyl sites for hydroxylation is 1. The lowest BCUT2D eigenvalue weighted by atomic mass is 9.95. The van der Waals surface area contributed by atoms with Crippen molar-refractivity contribution in [1.82, 2.24) is 0 Å². The molecular formula is C18H27NO2. The molecule has 0 fully saturated rings. The molecular weight excluding hydrogens is 262 g/mol. The molecule has 2 rings (SSSR count). The number of ether oxygens (including phenoxy) is 1. The Morgan fingerprint density at radius 2 is 2.00 bits per heavy atom. The van der Waals surface area contributed by atoms with E-state index in [2.05, 4.69) is 36.1 Å². The summed E-state index contributed by atoms with van der Waals surface area (Å²) in [5.74, 6) is -0.0990. The van der Waals surface area contributed by atoms with Gasteiger partial charge in [-0.05, 0) is 30.9 Å². The first kappa shape index (κ1) is 15.9. The minimum absolute atomic E-state index is 0.0990. The van der Waals surface area contributed by atoms with Crippen LogP contribution >= 0.6 is 0 Å². The zero-order valence-corrected chi connectivity index (χ0v) is 13.3. The van der Waals surface area contributed by atoms with Crippen molar-refractivity contribution in [2.75, 3.05) is 18.6 Å². The maximum Gasteiger partial charge on any atom is 0.328 e. The van der Waals surface area contributed by atoms with Gasteiger partial charge in [-0.2, -0.15) is 0 Å². The molecule has 0 aromatic heterocycles. The van der Waals surface area contributed by atoms with Gasteiger partial charge in [-0.15, -0.1) is 0 Å². The molecule has 1 aliphatic rings. The van der Waals surface area contributed by atoms with Crippen LogP contribution in [-0.4, -0.2) is 25.7 Å². The first-order valence-electron chi connectivity index (χ1n) is 8.20. The van der Waals surface area contributed by atoms with E-state index in [9.17, 15) is 4.79 Å². The van der Waals surface area contributed by atoms with Gasteiger partial charge in [0.05, 0.1) is 7.11 Å². The Morgan fingerprint density at radius 3 is 2.76 bits per heavy atom. The molecule has 3 nitrogen and oxygen atoms in total. The number of fused-ring (bicyclic) bond motifs is 1. The minimum Gasteiger partial charge on any atom is -0.467 e. The maximum atomic E-state index is 12.1. The van der Waals surface area contributed by atoms with Crippen LogP contribution in [0.4, 0.5) is 5.69 Å². The second kappa shape index (κ2) is 8.06. The molecule has 116 valence electrons. The number of hydrogen-bond donors (Lipinski definition) is 0. The highest BCUT2D eigenvalue weighted by Crippen LogP contribution is 2.31. The van der Waals surface area contributed by atoms with Crippen LogP contribution in [0.5, 0.6) is 0 Å². The average molecular weight is 289 g/mol. The number of rotatable bonds is 7. The van der Waals surface area contributed by atoms with Gasteiger partial charge in [-0.3, -0.25) is 0 Å². The number of unbranched alkanes of at least 4 members (excludes halogenated alkanes) is 4. The maximum absolute atomic E-state index is 12.1. The molecule has 0 saturated carbocycles. The molecule has 1 heterocycles. The molecule has 3 heteroatoms. The number of nitrogens with zero attached hydrogens (tertiary/aromatic N) is 1. The lowest BCUT2D eigenvalue weighted by Crippen LogP contribution is -2.45. The van der Waals surface area contributed by atoms with Gasteiger partial charge in [0.25, 0.3) is 0 Å². The Kier molecular flexibility index (Phi) is 6.09. The van der Waals surface area contributed by atoms with Crippen molar-refractivity contribution in [2.45, 2.75) is 57.9 Å². The van der Waals surface area contributed by atoms with E-state index in [-0.39, 0.29) is 12.0 Å². The predicted molar refractivity (Wildman–Crippen MR) is 86.7 cm³/mol. The van der Waals surface area contributed by atoms with Crippen molar-refractivity contribution >= 4 is 11.7 Å². The van der Waals surface area contributed by atoms with Gasteiger partial charge < -0.3 is 9.64 Å². The molecule has 21 heavy (non-hydrogen) atoms. The summed E-state index contributed by atoms with van der Waals surface area (Å²) >= 11 is 0. The summed E-state index contributed by atoms with van der Waals surface area (Å²) in [6.07, 6.45) is 8.05. The molecule has 0 amide bonds. The second-order valence-electron chi connectivity index (χ2n) is 5.81. The van der Waals surface area contributed by atoms with Gasteiger partial charge in [0.15, 0.2) is 0 Å². The summed E-state index contributed by atoms with van der Waals surface area (Å²) in [5, 5.41) is 0. The number of carbonyl (C=O) groups excluding carboxylic acids is 1. The van der Waals surface area contributed by atoms with E-state index >= 15 is 0 Å². The van der Waals surface area contributed by atoms with Crippen molar-refractivity contribution in [3.63, 3.8) is 0 Å². The number of methoxy groups -OCH3 is 1. The zero-order chi connectivity index (χ0) is 15.1. The molecule has 1 atom stereocenters. The molecule has 0 N–H and O–H groups in total. The highest BCUT2D eigenvalue weighted by atomic mass is 16.5. The van der Waals surface area contributed by atoms with E-state index in [1.807, 2.05) is 0 Å². The van der Waals surface area contributed by atoms with Gasteiger partial charge in [0.2, 0.25) is 0 Å². The number of carbonyl (C=O) groups is 1. The van der Waals surface area contributed by atoms with Crippen molar-refractivity contribution in [2.24, 2.45) is 0 Å². The predicted octanol–water partition coefficient (Wildman–Crippen LogP) is 3.95. The van der Waals surface area contributed by atoms with Crippen LogP contribution in [0.3, 0.4) is 0 Å². The van der Waals surface area contributed by atoms with Crippen LogP contribution in [-0.2, 0) is 16.0 Å². The molecule has 1 unspecified atom stereocenters. The van der Waals surface area contributed by atoms with E-state index in [4.69, 9.17) is 4.74 Å². The fourth-order valence-corrected chi connectivity index (χ4v) is 3.16. The highest BCUT2D eigenvalue weighted by molar-refractivity contribution is 5.81. The third-order valence-electron chi connectivity index (χ3n) is 4.34. The number of esters is 1. The Hall–Kier alpha value is -1.51. The monoisotopic (exact) mass is 289 g/mol. The summed E-state index contributed by atoms with van der Waals surface area (Å²) in [5.41, 5.74) is 2.57. The summed E-state index contributed by atoms with van der Waals surface area (Å²) in [6, 6.07) is 8.33. The van der Waals surface area contributed by atoms with Crippen molar-refractivity contribution < 1.29 is 9.53 Å². The summed E-state index contributed by atoms with van der Waals surface area (Å²) in [6.45, 7) is 3.18. The Bertz CT molecular complexity index is 458. The lowest BCUT2D eigenvalue weighted by molar-refractivity contribution is -0.142. The normalized spacial score (nSPS) is 17.4. The van der Waals surface area contributed by atoms with Gasteiger partial charge >= 0.3 is 5.97 Å².